The lowest BCUT2D eigenvalue weighted by Crippen LogP contribution is -2.25. The monoisotopic (exact) mass is 430 g/mol. The van der Waals surface area contributed by atoms with Crippen LogP contribution < -0.4 is 10.6 Å². The van der Waals surface area contributed by atoms with Gasteiger partial charge >= 0.3 is 0 Å². The van der Waals surface area contributed by atoms with Crippen LogP contribution in [-0.4, -0.2) is 71.5 Å². The van der Waals surface area contributed by atoms with Gasteiger partial charge in [0.25, 0.3) is 0 Å². The first-order valence-electron chi connectivity index (χ1n) is 11.8. The summed E-state index contributed by atoms with van der Waals surface area (Å²) in [4.78, 5) is 22.1. The summed E-state index contributed by atoms with van der Waals surface area (Å²) in [5.74, 6) is -0.0508. The van der Waals surface area contributed by atoms with Crippen LogP contribution in [-0.2, 0) is 23.8 Å². The lowest BCUT2D eigenvalue weighted by atomic mass is 10.0. The van der Waals surface area contributed by atoms with Crippen molar-refractivity contribution < 1.29 is 23.8 Å². The highest BCUT2D eigenvalue weighted by Crippen LogP contribution is 2.15. The molecule has 0 spiro atoms. The molecule has 2 aliphatic carbocycles. The zero-order valence-corrected chi connectivity index (χ0v) is 19.5. The number of hydrogen-bond acceptors (Lipinski definition) is 6. The number of carbonyl (C=O) groups is 2. The van der Waals surface area contributed by atoms with Crippen LogP contribution in [0, 0.1) is 0 Å². The van der Waals surface area contributed by atoms with Crippen molar-refractivity contribution in [3.63, 3.8) is 0 Å². The van der Waals surface area contributed by atoms with Gasteiger partial charge in [0, 0.05) is 32.6 Å². The zero-order chi connectivity index (χ0) is 22.1. The summed E-state index contributed by atoms with van der Waals surface area (Å²) in [5.41, 5.74) is 0. The van der Waals surface area contributed by atoms with E-state index in [1.165, 1.54) is 51.9 Å². The predicted molar refractivity (Wildman–Crippen MR) is 121 cm³/mol. The molecular formula is C23H46N2O5. The molecule has 7 heteroatoms. The van der Waals surface area contributed by atoms with E-state index in [-0.39, 0.29) is 18.1 Å². The van der Waals surface area contributed by atoms with Gasteiger partial charge in [0.05, 0.1) is 26.4 Å². The van der Waals surface area contributed by atoms with Gasteiger partial charge in [-0.1, -0.05) is 44.9 Å². The van der Waals surface area contributed by atoms with Gasteiger partial charge in [-0.15, -0.1) is 0 Å². The van der Waals surface area contributed by atoms with E-state index in [0.717, 1.165) is 26.0 Å². The molecule has 0 heterocycles. The lowest BCUT2D eigenvalue weighted by molar-refractivity contribution is -0.124. The van der Waals surface area contributed by atoms with E-state index < -0.39 is 0 Å². The van der Waals surface area contributed by atoms with E-state index in [1.807, 2.05) is 7.05 Å². The fourth-order valence-corrected chi connectivity index (χ4v) is 1.92. The van der Waals surface area contributed by atoms with E-state index in [0.29, 0.717) is 46.0 Å². The maximum atomic E-state index is 11.3. The predicted octanol–water partition coefficient (Wildman–Crippen LogP) is 3.25. The molecule has 0 aliphatic heterocycles. The summed E-state index contributed by atoms with van der Waals surface area (Å²) in [6, 6.07) is 0. The first-order chi connectivity index (χ1) is 14.7. The molecule has 2 aliphatic rings. The Hall–Kier alpha value is -1.02. The molecular weight excluding hydrogens is 384 g/mol. The molecule has 30 heavy (non-hydrogen) atoms. The first kappa shape index (κ1) is 29.0. The molecule has 0 aromatic carbocycles. The summed E-state index contributed by atoms with van der Waals surface area (Å²) in [7, 11) is 1.92. The molecule has 2 fully saturated rings. The summed E-state index contributed by atoms with van der Waals surface area (Å²) in [6.45, 7) is 6.62. The number of ether oxygens (including phenoxy) is 3. The number of rotatable bonds is 17. The van der Waals surface area contributed by atoms with Gasteiger partial charge in [0.15, 0.2) is 0 Å². The van der Waals surface area contributed by atoms with Crippen molar-refractivity contribution in [2.75, 3.05) is 59.8 Å². The van der Waals surface area contributed by atoms with Crippen LogP contribution in [0.1, 0.15) is 77.6 Å². The highest BCUT2D eigenvalue weighted by molar-refractivity contribution is 5.83. The van der Waals surface area contributed by atoms with Crippen molar-refractivity contribution in [2.24, 2.45) is 0 Å². The highest BCUT2D eigenvalue weighted by Gasteiger charge is 2.02. The number of hydrogen-bond donors (Lipinski definition) is 2. The molecule has 2 saturated carbocycles. The fourth-order valence-electron chi connectivity index (χ4n) is 1.92. The maximum Gasteiger partial charge on any atom is 0.220 e. The quantitative estimate of drug-likeness (QED) is 0.345. The van der Waals surface area contributed by atoms with Gasteiger partial charge in [-0.25, -0.2) is 0 Å². The Morgan fingerprint density at radius 2 is 1.10 bits per heavy atom. The maximum absolute atomic E-state index is 11.3. The minimum absolute atomic E-state index is 0.0341. The van der Waals surface area contributed by atoms with E-state index >= 15 is 0 Å². The SMILES string of the molecule is C1CC1.C1CCC1.CNCCCOCCOCCOCCCNC(=O)CCC(C)=O. The van der Waals surface area contributed by atoms with Gasteiger partial charge in [-0.05, 0) is 33.4 Å². The van der Waals surface area contributed by atoms with Gasteiger partial charge in [0.1, 0.15) is 5.78 Å². The third-order valence-electron chi connectivity index (χ3n) is 4.30. The molecule has 2 rings (SSSR count). The highest BCUT2D eigenvalue weighted by atomic mass is 16.5. The number of amides is 1. The molecule has 178 valence electrons. The molecule has 2 N–H and O–H groups in total. The topological polar surface area (TPSA) is 85.9 Å². The Bertz CT molecular complexity index is 381. The Labute approximate surface area is 184 Å². The average Bonchev–Trinajstić information content (AvgIpc) is 3.54. The number of Topliss-reactive ketones (excluding diaryl/α,β-unsaturated/α-hetero) is 1. The van der Waals surface area contributed by atoms with Crippen LogP contribution >= 0.6 is 0 Å². The van der Waals surface area contributed by atoms with Crippen LogP contribution in [0.5, 0.6) is 0 Å². The van der Waals surface area contributed by atoms with Crippen LogP contribution in [0.15, 0.2) is 0 Å². The average molecular weight is 431 g/mol. The van der Waals surface area contributed by atoms with Crippen LogP contribution in [0.3, 0.4) is 0 Å². The molecule has 0 aromatic rings. The van der Waals surface area contributed by atoms with E-state index in [9.17, 15) is 9.59 Å². The summed E-state index contributed by atoms with van der Waals surface area (Å²) in [6.07, 6.45) is 12.8. The first-order valence-corrected chi connectivity index (χ1v) is 11.8. The smallest absolute Gasteiger partial charge is 0.220 e. The molecule has 0 unspecified atom stereocenters. The standard InChI is InChI=1S/C16H32N2O5.C4H8.C3H6/c1-15(19)5-6-16(20)18-8-4-10-22-12-14-23-13-11-21-9-3-7-17-2;1-2-4-3-1;1-2-3-1/h17H,3-14H2,1-2H3,(H,18,20);1-4H2;1-3H2. The minimum Gasteiger partial charge on any atom is -0.379 e. The number of carbonyl (C=O) groups excluding carboxylic acids is 2. The van der Waals surface area contributed by atoms with Gasteiger partial charge in [-0.3, -0.25) is 4.79 Å². The number of ketones is 1. The molecule has 0 saturated heterocycles. The summed E-state index contributed by atoms with van der Waals surface area (Å²) >= 11 is 0. The van der Waals surface area contributed by atoms with Crippen molar-refractivity contribution in [3.8, 4) is 0 Å². The van der Waals surface area contributed by atoms with E-state index in [2.05, 4.69) is 10.6 Å². The Balaban J connectivity index is 0.000000988. The second kappa shape index (κ2) is 24.3. The van der Waals surface area contributed by atoms with Crippen molar-refractivity contribution in [2.45, 2.75) is 77.6 Å². The Morgan fingerprint density at radius 3 is 1.50 bits per heavy atom. The van der Waals surface area contributed by atoms with Crippen LogP contribution in [0.25, 0.3) is 0 Å². The third-order valence-corrected chi connectivity index (χ3v) is 4.30. The third kappa shape index (κ3) is 29.2. The van der Waals surface area contributed by atoms with Gasteiger partial charge < -0.3 is 29.6 Å². The zero-order valence-electron chi connectivity index (χ0n) is 19.5. The largest absolute Gasteiger partial charge is 0.379 e. The van der Waals surface area contributed by atoms with Gasteiger partial charge in [-0.2, -0.15) is 0 Å². The molecule has 0 atom stereocenters. The lowest BCUT2D eigenvalue weighted by Gasteiger charge is -2.07. The fraction of sp³-hybridized carbons (Fsp3) is 0.913. The Kier molecular flexibility index (Phi) is 23.4. The minimum atomic E-state index is -0.0850. The molecule has 1 amide bonds. The van der Waals surface area contributed by atoms with Crippen molar-refractivity contribution >= 4 is 11.7 Å². The van der Waals surface area contributed by atoms with E-state index in [4.69, 9.17) is 14.2 Å². The summed E-state index contributed by atoms with van der Waals surface area (Å²) in [5, 5.41) is 5.81. The summed E-state index contributed by atoms with van der Waals surface area (Å²) < 4.78 is 16.2. The van der Waals surface area contributed by atoms with Crippen LogP contribution in [0.4, 0.5) is 0 Å². The van der Waals surface area contributed by atoms with Crippen molar-refractivity contribution in [1.29, 1.82) is 0 Å². The molecule has 0 radical (unpaired) electrons. The molecule has 0 bridgehead atoms. The van der Waals surface area contributed by atoms with Crippen molar-refractivity contribution in [3.05, 3.63) is 0 Å². The number of nitrogens with one attached hydrogen (secondary N) is 2. The van der Waals surface area contributed by atoms with Crippen LogP contribution in [0.2, 0.25) is 0 Å². The van der Waals surface area contributed by atoms with Crippen molar-refractivity contribution in [1.82, 2.24) is 10.6 Å². The normalized spacial score (nSPS) is 13.8. The second-order valence-electron chi connectivity index (χ2n) is 7.67. The molecule has 0 aromatic heterocycles. The Morgan fingerprint density at radius 1 is 0.667 bits per heavy atom. The van der Waals surface area contributed by atoms with E-state index in [1.54, 1.807) is 0 Å². The molecule has 7 nitrogen and oxygen atoms in total. The second-order valence-corrected chi connectivity index (χ2v) is 7.67. The van der Waals surface area contributed by atoms with Gasteiger partial charge in [0.2, 0.25) is 5.91 Å².